The summed E-state index contributed by atoms with van der Waals surface area (Å²) in [7, 11) is 5.10. The first-order valence-electron chi connectivity index (χ1n) is 15.0. The molecule has 0 saturated carbocycles. The van der Waals surface area contributed by atoms with E-state index in [1.54, 1.807) is 0 Å². The molecule has 0 spiro atoms. The quantitative estimate of drug-likeness (QED) is 0.0406. The molecule has 1 unspecified atom stereocenters. The summed E-state index contributed by atoms with van der Waals surface area (Å²) < 4.78 is 0. The van der Waals surface area contributed by atoms with E-state index in [4.69, 9.17) is 13.6 Å². The number of thioether (sulfide) groups is 2. The summed E-state index contributed by atoms with van der Waals surface area (Å²) in [6.07, 6.45) is 3.86. The Morgan fingerprint density at radius 1 is 0.822 bits per heavy atom. The van der Waals surface area contributed by atoms with Crippen LogP contribution in [0.5, 0.6) is 0 Å². The Balaban J connectivity index is 2.26. The molecule has 2 radical (unpaired) electrons. The number of hydrogen-bond donors (Lipinski definition) is 5. The van der Waals surface area contributed by atoms with Gasteiger partial charge < -0.3 is 31.8 Å². The molecular weight excluding hydrogens is 623 g/mol. The van der Waals surface area contributed by atoms with Crippen molar-refractivity contribution in [2.24, 2.45) is 5.73 Å². The molecule has 1 saturated heterocycles. The van der Waals surface area contributed by atoms with Crippen LogP contribution >= 0.6 is 23.5 Å². The fourth-order valence-corrected chi connectivity index (χ4v) is 6.02. The first kappa shape index (κ1) is 39.9. The minimum Gasteiger partial charge on any atom is -0.370 e. The number of carbonyl (C=O) groups is 8. The number of imide groups is 1. The van der Waals surface area contributed by atoms with Crippen LogP contribution in [-0.2, 0) is 38.4 Å². The lowest BCUT2D eigenvalue weighted by molar-refractivity contribution is -0.138. The summed E-state index contributed by atoms with van der Waals surface area (Å²) in [5, 5.41) is 9.83. The molecule has 1 aliphatic rings. The van der Waals surface area contributed by atoms with Gasteiger partial charge in [-0.15, -0.1) is 23.5 Å². The summed E-state index contributed by atoms with van der Waals surface area (Å²) in [5.41, 5.74) is 4.78. The SMILES string of the molecule is [B]C(=O)CCCCCSCNC(=O)[C@H](C)NC(=O)[C@@H](C)NC(=O)[C@H](C)NC(=O)CCCSC1CC(=O)N(CCCC(N)=O)C1=O. The highest BCUT2D eigenvalue weighted by atomic mass is 32.2. The second-order valence-electron chi connectivity index (χ2n) is 10.7. The molecule has 17 heteroatoms. The molecule has 4 atom stereocenters. The second-order valence-corrected chi connectivity index (χ2v) is 13.2. The number of unbranched alkanes of at least 4 members (excludes halogenated alkanes) is 2. The molecule has 0 aromatic heterocycles. The first-order valence-corrected chi connectivity index (χ1v) is 17.2. The molecule has 7 amide bonds. The van der Waals surface area contributed by atoms with Crippen LogP contribution in [-0.4, -0.2) is 107 Å². The average molecular weight is 669 g/mol. The molecular formula is C28H45BN6O8S2. The molecule has 45 heavy (non-hydrogen) atoms. The van der Waals surface area contributed by atoms with E-state index < -0.39 is 41.1 Å². The van der Waals surface area contributed by atoms with Crippen LogP contribution in [0.1, 0.15) is 78.6 Å². The van der Waals surface area contributed by atoms with Crippen LogP contribution < -0.4 is 27.0 Å². The highest BCUT2D eigenvalue weighted by molar-refractivity contribution is 8.00. The smallest absolute Gasteiger partial charge is 0.242 e. The van der Waals surface area contributed by atoms with Gasteiger partial charge in [-0.05, 0) is 64.4 Å². The third-order valence-corrected chi connectivity index (χ3v) is 8.93. The van der Waals surface area contributed by atoms with E-state index in [0.717, 1.165) is 29.9 Å². The number of hydrogen-bond acceptors (Lipinski definition) is 10. The number of likely N-dealkylation sites (tertiary alicyclic amines) is 1. The van der Waals surface area contributed by atoms with Gasteiger partial charge >= 0.3 is 0 Å². The van der Waals surface area contributed by atoms with Gasteiger partial charge in [0, 0.05) is 25.8 Å². The van der Waals surface area contributed by atoms with Crippen LogP contribution in [0.3, 0.4) is 0 Å². The zero-order valence-corrected chi connectivity index (χ0v) is 27.8. The van der Waals surface area contributed by atoms with Crippen LogP contribution in [0.15, 0.2) is 0 Å². The van der Waals surface area contributed by atoms with Crippen molar-refractivity contribution >= 4 is 78.4 Å². The predicted molar refractivity (Wildman–Crippen MR) is 173 cm³/mol. The number of nitrogens with two attached hydrogens (primary N) is 1. The van der Waals surface area contributed by atoms with Gasteiger partial charge in [0.05, 0.1) is 16.8 Å². The van der Waals surface area contributed by atoms with E-state index in [1.807, 2.05) is 0 Å². The standard InChI is InChI=1S/C28H45BN6O8S2/c1-17(25(40)31-16-44-13-6-4-5-9-21(29)36)33-27(42)19(3)34-26(41)18(2)32-23(38)11-8-14-45-20-15-24(39)35(28(20)43)12-7-10-22(30)37/h17-20H,4-16H2,1-3H3,(H2,30,37)(H,31,40)(H,32,38)(H,33,42)(H,34,41)/t17-,18-,19+,20?/m0/s1. The minimum atomic E-state index is -0.958. The van der Waals surface area contributed by atoms with E-state index in [2.05, 4.69) is 21.3 Å². The molecule has 1 heterocycles. The number of nitrogens with one attached hydrogen (secondary N) is 4. The normalized spacial score (nSPS) is 16.4. The molecule has 0 aromatic rings. The van der Waals surface area contributed by atoms with Crippen molar-refractivity contribution in [2.75, 3.05) is 23.9 Å². The lowest BCUT2D eigenvalue weighted by Gasteiger charge is -2.20. The van der Waals surface area contributed by atoms with Gasteiger partial charge in [-0.1, -0.05) is 6.42 Å². The fraction of sp³-hybridized carbons (Fsp3) is 0.714. The Hall–Kier alpha value is -3.08. The van der Waals surface area contributed by atoms with Crippen molar-refractivity contribution in [2.45, 2.75) is 102 Å². The molecule has 250 valence electrons. The fourth-order valence-electron chi connectivity index (χ4n) is 4.10. The Kier molecular flexibility index (Phi) is 19.2. The molecule has 0 aliphatic carbocycles. The largest absolute Gasteiger partial charge is 0.370 e. The van der Waals surface area contributed by atoms with Crippen LogP contribution in [0.4, 0.5) is 0 Å². The number of nitrogens with zero attached hydrogens (tertiary/aromatic N) is 1. The number of carbonyl (C=O) groups excluding carboxylic acids is 8. The monoisotopic (exact) mass is 668 g/mol. The average Bonchev–Trinajstić information content (AvgIpc) is 3.23. The maximum atomic E-state index is 12.5. The Bertz CT molecular complexity index is 1080. The van der Waals surface area contributed by atoms with Gasteiger partial charge in [-0.25, -0.2) is 0 Å². The number of rotatable bonds is 23. The van der Waals surface area contributed by atoms with Gasteiger partial charge in [-0.3, -0.25) is 38.5 Å². The molecule has 1 rings (SSSR count). The van der Waals surface area contributed by atoms with Crippen LogP contribution in [0, 0.1) is 0 Å². The van der Waals surface area contributed by atoms with Gasteiger partial charge in [0.25, 0.3) is 0 Å². The maximum absolute atomic E-state index is 12.5. The Morgan fingerprint density at radius 2 is 1.44 bits per heavy atom. The van der Waals surface area contributed by atoms with E-state index in [-0.39, 0.29) is 55.1 Å². The molecule has 1 aliphatic heterocycles. The lowest BCUT2D eigenvalue weighted by Crippen LogP contribution is -2.54. The van der Waals surface area contributed by atoms with Gasteiger partial charge in [-0.2, -0.15) is 0 Å². The molecule has 0 aromatic carbocycles. The van der Waals surface area contributed by atoms with E-state index in [1.165, 1.54) is 44.3 Å². The third-order valence-electron chi connectivity index (χ3n) is 6.71. The molecule has 0 bridgehead atoms. The van der Waals surface area contributed by atoms with E-state index >= 15 is 0 Å². The van der Waals surface area contributed by atoms with Crippen molar-refractivity contribution in [3.63, 3.8) is 0 Å². The zero-order valence-electron chi connectivity index (χ0n) is 26.2. The second kappa shape index (κ2) is 21.6. The predicted octanol–water partition coefficient (Wildman–Crippen LogP) is -0.531. The van der Waals surface area contributed by atoms with Crippen LogP contribution in [0.2, 0.25) is 0 Å². The summed E-state index contributed by atoms with van der Waals surface area (Å²) in [6, 6.07) is -2.71. The molecule has 6 N–H and O–H groups in total. The van der Waals surface area contributed by atoms with Crippen molar-refractivity contribution < 1.29 is 38.4 Å². The van der Waals surface area contributed by atoms with Crippen molar-refractivity contribution in [1.82, 2.24) is 26.2 Å². The van der Waals surface area contributed by atoms with Gasteiger partial charge in [0.1, 0.15) is 18.1 Å². The summed E-state index contributed by atoms with van der Waals surface area (Å²) in [5.74, 6) is -1.36. The summed E-state index contributed by atoms with van der Waals surface area (Å²) in [4.78, 5) is 96.9. The van der Waals surface area contributed by atoms with Crippen molar-refractivity contribution in [3.8, 4) is 0 Å². The highest BCUT2D eigenvalue weighted by Crippen LogP contribution is 2.26. The summed E-state index contributed by atoms with van der Waals surface area (Å²) in [6.45, 7) is 4.62. The maximum Gasteiger partial charge on any atom is 0.242 e. The Labute approximate surface area is 274 Å². The topological polar surface area (TPSA) is 214 Å². The van der Waals surface area contributed by atoms with Crippen molar-refractivity contribution in [3.05, 3.63) is 0 Å². The summed E-state index contributed by atoms with van der Waals surface area (Å²) >= 11 is 2.81. The van der Waals surface area contributed by atoms with E-state index in [0.29, 0.717) is 30.9 Å². The van der Waals surface area contributed by atoms with Gasteiger partial charge in [0.2, 0.25) is 41.4 Å². The lowest BCUT2D eigenvalue weighted by atomic mass is 9.97. The number of primary amides is 1. The Morgan fingerprint density at radius 3 is 2.07 bits per heavy atom. The van der Waals surface area contributed by atoms with Crippen LogP contribution in [0.25, 0.3) is 0 Å². The highest BCUT2D eigenvalue weighted by Gasteiger charge is 2.38. The third kappa shape index (κ3) is 16.7. The number of amides is 7. The van der Waals surface area contributed by atoms with Crippen molar-refractivity contribution in [1.29, 1.82) is 0 Å². The molecule has 1 fully saturated rings. The minimum absolute atomic E-state index is 0.0690. The zero-order chi connectivity index (χ0) is 33.9. The molecule has 14 nitrogen and oxygen atoms in total. The van der Waals surface area contributed by atoms with Gasteiger partial charge in [0.15, 0.2) is 7.85 Å². The van der Waals surface area contributed by atoms with E-state index in [9.17, 15) is 38.4 Å². The first-order chi connectivity index (χ1) is 21.2.